The maximum absolute atomic E-state index is 12.2. The topological polar surface area (TPSA) is 79.2 Å². The Morgan fingerprint density at radius 3 is 2.37 bits per heavy atom. The highest BCUT2D eigenvalue weighted by molar-refractivity contribution is 5.75. The number of hydrogen-bond donors (Lipinski definition) is 0. The van der Waals surface area contributed by atoms with E-state index in [0.717, 1.165) is 0 Å². The number of para-hydroxylation sites is 1. The number of benzene rings is 1. The summed E-state index contributed by atoms with van der Waals surface area (Å²) in [5.74, 6) is 0. The number of nitro groups is 1. The Bertz CT molecular complexity index is 717. The number of nitrogens with zero attached hydrogens (tertiary/aromatic N) is 4. The normalized spacial score (nSPS) is 15.1. The van der Waals surface area contributed by atoms with Gasteiger partial charge >= 0.3 is 6.09 Å². The molecule has 1 heterocycles. The zero-order valence-electron chi connectivity index (χ0n) is 16.6. The minimum absolute atomic E-state index is 0.0846. The quantitative estimate of drug-likeness (QED) is 0.593. The lowest BCUT2D eigenvalue weighted by atomic mass is 10.1. The van der Waals surface area contributed by atoms with E-state index in [9.17, 15) is 14.9 Å². The van der Waals surface area contributed by atoms with Gasteiger partial charge in [-0.2, -0.15) is 0 Å². The molecule has 1 saturated heterocycles. The van der Waals surface area contributed by atoms with Gasteiger partial charge in [0.05, 0.1) is 10.5 Å². The molecule has 1 aliphatic rings. The molecule has 8 nitrogen and oxygen atoms in total. The van der Waals surface area contributed by atoms with Gasteiger partial charge in [-0.05, 0) is 45.2 Å². The van der Waals surface area contributed by atoms with Crippen molar-refractivity contribution in [1.29, 1.82) is 0 Å². The van der Waals surface area contributed by atoms with E-state index in [2.05, 4.69) is 0 Å². The van der Waals surface area contributed by atoms with Crippen LogP contribution in [-0.2, 0) is 4.74 Å². The molecule has 0 saturated carbocycles. The van der Waals surface area contributed by atoms with Crippen LogP contribution in [0, 0.1) is 10.1 Å². The summed E-state index contributed by atoms with van der Waals surface area (Å²) < 4.78 is 5.40. The van der Waals surface area contributed by atoms with Gasteiger partial charge in [0.1, 0.15) is 11.3 Å². The minimum atomic E-state index is -0.542. The Morgan fingerprint density at radius 1 is 1.22 bits per heavy atom. The third-order valence-corrected chi connectivity index (χ3v) is 4.05. The van der Waals surface area contributed by atoms with Crippen molar-refractivity contribution in [1.82, 2.24) is 9.80 Å². The summed E-state index contributed by atoms with van der Waals surface area (Å²) in [6.07, 6.45) is 3.17. The van der Waals surface area contributed by atoms with Crippen LogP contribution in [0.2, 0.25) is 0 Å². The molecule has 0 radical (unpaired) electrons. The molecule has 1 aromatic rings. The van der Waals surface area contributed by atoms with Crippen LogP contribution in [0.25, 0.3) is 6.08 Å². The Morgan fingerprint density at radius 2 is 1.85 bits per heavy atom. The van der Waals surface area contributed by atoms with Crippen LogP contribution < -0.4 is 4.90 Å². The zero-order valence-corrected chi connectivity index (χ0v) is 16.6. The Balaban J connectivity index is 2.17. The molecule has 0 atom stereocenters. The van der Waals surface area contributed by atoms with Gasteiger partial charge in [0, 0.05) is 40.3 Å². The van der Waals surface area contributed by atoms with Crippen molar-refractivity contribution in [3.63, 3.8) is 0 Å². The summed E-state index contributed by atoms with van der Waals surface area (Å²) >= 11 is 0. The minimum Gasteiger partial charge on any atom is -0.444 e. The second kappa shape index (κ2) is 8.28. The van der Waals surface area contributed by atoms with Gasteiger partial charge in [-0.25, -0.2) is 4.79 Å². The molecule has 1 aliphatic heterocycles. The first-order valence-corrected chi connectivity index (χ1v) is 8.93. The van der Waals surface area contributed by atoms with E-state index >= 15 is 0 Å². The molecule has 1 aromatic carbocycles. The summed E-state index contributed by atoms with van der Waals surface area (Å²) in [6.45, 7) is 7.45. The molecule has 0 aromatic heterocycles. The Labute approximate surface area is 160 Å². The molecule has 148 valence electrons. The van der Waals surface area contributed by atoms with Crippen LogP contribution in [0.15, 0.2) is 24.4 Å². The highest BCUT2D eigenvalue weighted by atomic mass is 16.6. The average Bonchev–Trinajstić information content (AvgIpc) is 2.58. The van der Waals surface area contributed by atoms with Crippen LogP contribution >= 0.6 is 0 Å². The highest BCUT2D eigenvalue weighted by Gasteiger charge is 2.29. The molecule has 0 bridgehead atoms. The second-order valence-electron chi connectivity index (χ2n) is 7.71. The largest absolute Gasteiger partial charge is 0.444 e. The third kappa shape index (κ3) is 5.60. The summed E-state index contributed by atoms with van der Waals surface area (Å²) in [5, 5.41) is 11.7. The lowest BCUT2D eigenvalue weighted by molar-refractivity contribution is -0.384. The van der Waals surface area contributed by atoms with E-state index in [1.54, 1.807) is 29.3 Å². The van der Waals surface area contributed by atoms with E-state index in [4.69, 9.17) is 4.74 Å². The van der Waals surface area contributed by atoms with Crippen LogP contribution in [0.4, 0.5) is 16.2 Å². The third-order valence-electron chi connectivity index (χ3n) is 4.05. The number of amides is 1. The molecular formula is C19H28N4O4. The van der Waals surface area contributed by atoms with E-state index < -0.39 is 5.60 Å². The fraction of sp³-hybridized carbons (Fsp3) is 0.526. The van der Waals surface area contributed by atoms with Gasteiger partial charge in [0.2, 0.25) is 0 Å². The molecule has 2 rings (SSSR count). The van der Waals surface area contributed by atoms with E-state index in [0.29, 0.717) is 37.4 Å². The summed E-state index contributed by atoms with van der Waals surface area (Å²) in [6, 6.07) is 5.31. The average molecular weight is 376 g/mol. The lowest BCUT2D eigenvalue weighted by Gasteiger charge is -2.36. The molecular weight excluding hydrogens is 348 g/mol. The number of ether oxygens (including phenoxy) is 1. The first-order valence-electron chi connectivity index (χ1n) is 8.93. The van der Waals surface area contributed by atoms with Gasteiger partial charge in [0.25, 0.3) is 5.69 Å². The van der Waals surface area contributed by atoms with Gasteiger partial charge < -0.3 is 19.4 Å². The highest BCUT2D eigenvalue weighted by Crippen LogP contribution is 2.33. The van der Waals surface area contributed by atoms with E-state index in [-0.39, 0.29) is 16.7 Å². The Kier molecular flexibility index (Phi) is 6.30. The van der Waals surface area contributed by atoms with Crippen LogP contribution in [0.3, 0.4) is 0 Å². The maximum Gasteiger partial charge on any atom is 0.410 e. The van der Waals surface area contributed by atoms with Crippen molar-refractivity contribution in [2.45, 2.75) is 26.4 Å². The lowest BCUT2D eigenvalue weighted by Crippen LogP contribution is -2.50. The monoisotopic (exact) mass is 376 g/mol. The predicted octanol–water partition coefficient (Wildman–Crippen LogP) is 3.18. The van der Waals surface area contributed by atoms with Gasteiger partial charge in [-0.15, -0.1) is 0 Å². The van der Waals surface area contributed by atoms with Crippen molar-refractivity contribution in [3.05, 3.63) is 40.1 Å². The van der Waals surface area contributed by atoms with Crippen LogP contribution in [0.5, 0.6) is 0 Å². The van der Waals surface area contributed by atoms with E-state index in [1.165, 1.54) is 0 Å². The molecule has 27 heavy (non-hydrogen) atoms. The van der Waals surface area contributed by atoms with Crippen molar-refractivity contribution in [3.8, 4) is 0 Å². The molecule has 0 N–H and O–H groups in total. The van der Waals surface area contributed by atoms with E-state index in [1.807, 2.05) is 50.7 Å². The number of nitro benzene ring substituents is 1. The van der Waals surface area contributed by atoms with Crippen molar-refractivity contribution in [2.24, 2.45) is 0 Å². The number of hydrogen-bond acceptors (Lipinski definition) is 6. The summed E-state index contributed by atoms with van der Waals surface area (Å²) in [7, 11) is 3.73. The SMILES string of the molecule is CN(C)/C=C/c1cccc(N2CCN(C(=O)OC(C)(C)C)CC2)c1[N+](=O)[O-]. The molecule has 0 aliphatic carbocycles. The number of rotatable bonds is 4. The van der Waals surface area contributed by atoms with Crippen molar-refractivity contribution >= 4 is 23.5 Å². The standard InChI is InChI=1S/C19H28N4O4/c1-19(2,3)27-18(24)22-13-11-21(12-14-22)16-8-6-7-15(9-10-20(4)5)17(16)23(25)26/h6-10H,11-14H2,1-5H3/b10-9+. The molecule has 0 spiro atoms. The number of carbonyl (C=O) groups is 1. The van der Waals surface area contributed by atoms with Crippen molar-refractivity contribution in [2.75, 3.05) is 45.2 Å². The van der Waals surface area contributed by atoms with Crippen molar-refractivity contribution < 1.29 is 14.5 Å². The fourth-order valence-corrected chi connectivity index (χ4v) is 2.82. The summed E-state index contributed by atoms with van der Waals surface area (Å²) in [4.78, 5) is 29.0. The predicted molar refractivity (Wildman–Crippen MR) is 106 cm³/mol. The molecule has 1 amide bonds. The number of anilines is 1. The number of piperazine rings is 1. The second-order valence-corrected chi connectivity index (χ2v) is 7.71. The van der Waals surface area contributed by atoms with Gasteiger partial charge in [0.15, 0.2) is 0 Å². The Hall–Kier alpha value is -2.77. The number of carbonyl (C=O) groups excluding carboxylic acids is 1. The zero-order chi connectivity index (χ0) is 20.2. The molecule has 1 fully saturated rings. The van der Waals surface area contributed by atoms with Crippen LogP contribution in [-0.4, -0.2) is 66.7 Å². The van der Waals surface area contributed by atoms with Crippen LogP contribution in [0.1, 0.15) is 26.3 Å². The summed E-state index contributed by atoms with van der Waals surface area (Å²) in [5.41, 5.74) is 0.673. The fourth-order valence-electron chi connectivity index (χ4n) is 2.82. The molecule has 8 heteroatoms. The smallest absolute Gasteiger partial charge is 0.410 e. The molecule has 0 unspecified atom stereocenters. The first kappa shape index (κ1) is 20.5. The first-order chi connectivity index (χ1) is 12.6. The van der Waals surface area contributed by atoms with Gasteiger partial charge in [-0.1, -0.05) is 6.07 Å². The maximum atomic E-state index is 12.2. The van der Waals surface area contributed by atoms with Gasteiger partial charge in [-0.3, -0.25) is 10.1 Å².